The molecule has 94 valence electrons. The first kappa shape index (κ1) is 12.3. The number of nitrogens with zero attached hydrogens (tertiary/aromatic N) is 3. The number of hydrogen-bond acceptors (Lipinski definition) is 5. The molecule has 0 saturated heterocycles. The summed E-state index contributed by atoms with van der Waals surface area (Å²) in [5.74, 6) is 1.32. The van der Waals surface area contributed by atoms with Crippen LogP contribution >= 0.6 is 0 Å². The van der Waals surface area contributed by atoms with E-state index in [1.54, 1.807) is 12.1 Å². The van der Waals surface area contributed by atoms with E-state index in [0.717, 1.165) is 18.9 Å². The lowest BCUT2D eigenvalue weighted by molar-refractivity contribution is -0.385. The van der Waals surface area contributed by atoms with Crippen molar-refractivity contribution >= 4 is 11.5 Å². The SMILES string of the molecule is N#Cc1nc(NCCC2CCC2)ccc1[N+](=O)[O-]. The van der Waals surface area contributed by atoms with Gasteiger partial charge in [0.25, 0.3) is 0 Å². The molecule has 1 N–H and O–H groups in total. The summed E-state index contributed by atoms with van der Waals surface area (Å²) in [5.41, 5.74) is -0.393. The number of anilines is 1. The Kier molecular flexibility index (Phi) is 3.72. The predicted molar refractivity (Wildman–Crippen MR) is 66.1 cm³/mol. The van der Waals surface area contributed by atoms with Crippen LogP contribution in [0.25, 0.3) is 0 Å². The zero-order valence-corrected chi connectivity index (χ0v) is 9.93. The Balaban J connectivity index is 1.96. The van der Waals surface area contributed by atoms with Crippen LogP contribution in [-0.2, 0) is 0 Å². The second-order valence-electron chi connectivity index (χ2n) is 4.45. The van der Waals surface area contributed by atoms with Gasteiger partial charge in [-0.1, -0.05) is 19.3 Å². The number of pyridine rings is 1. The van der Waals surface area contributed by atoms with Crippen molar-refractivity contribution in [2.75, 3.05) is 11.9 Å². The standard InChI is InChI=1S/C12H14N4O2/c13-8-10-11(16(17)18)4-5-12(15-10)14-7-6-9-2-1-3-9/h4-5,9H,1-3,6-7H2,(H,14,15). The van der Waals surface area contributed by atoms with Crippen LogP contribution in [0.3, 0.4) is 0 Å². The molecule has 1 fully saturated rings. The minimum Gasteiger partial charge on any atom is -0.370 e. The van der Waals surface area contributed by atoms with E-state index in [2.05, 4.69) is 10.3 Å². The molecule has 1 aliphatic carbocycles. The van der Waals surface area contributed by atoms with Gasteiger partial charge >= 0.3 is 5.69 Å². The lowest BCUT2D eigenvalue weighted by atomic mass is 9.83. The van der Waals surface area contributed by atoms with Gasteiger partial charge in [-0.05, 0) is 18.4 Å². The Morgan fingerprint density at radius 3 is 2.89 bits per heavy atom. The Labute approximate surface area is 105 Å². The van der Waals surface area contributed by atoms with Crippen LogP contribution in [0.15, 0.2) is 12.1 Å². The number of rotatable bonds is 5. The van der Waals surface area contributed by atoms with Crippen molar-refractivity contribution in [2.24, 2.45) is 5.92 Å². The first-order valence-corrected chi connectivity index (χ1v) is 6.00. The highest BCUT2D eigenvalue weighted by atomic mass is 16.6. The van der Waals surface area contributed by atoms with Gasteiger partial charge in [0.2, 0.25) is 5.69 Å². The molecule has 1 aromatic heterocycles. The number of aromatic nitrogens is 1. The van der Waals surface area contributed by atoms with Gasteiger partial charge in [0.15, 0.2) is 0 Å². The number of hydrogen-bond donors (Lipinski definition) is 1. The summed E-state index contributed by atoms with van der Waals surface area (Å²) >= 11 is 0. The van der Waals surface area contributed by atoms with Crippen LogP contribution in [0.4, 0.5) is 11.5 Å². The molecule has 1 saturated carbocycles. The molecule has 0 radical (unpaired) electrons. The summed E-state index contributed by atoms with van der Waals surface area (Å²) < 4.78 is 0. The maximum atomic E-state index is 10.6. The molecule has 0 aliphatic heterocycles. The highest BCUT2D eigenvalue weighted by molar-refractivity contribution is 5.50. The largest absolute Gasteiger partial charge is 0.370 e. The van der Waals surface area contributed by atoms with E-state index in [1.807, 2.05) is 0 Å². The van der Waals surface area contributed by atoms with Gasteiger partial charge < -0.3 is 5.32 Å². The van der Waals surface area contributed by atoms with Gasteiger partial charge in [-0.15, -0.1) is 0 Å². The van der Waals surface area contributed by atoms with E-state index in [9.17, 15) is 10.1 Å². The summed E-state index contributed by atoms with van der Waals surface area (Å²) in [4.78, 5) is 14.0. The summed E-state index contributed by atoms with van der Waals surface area (Å²) in [6, 6.07) is 4.60. The van der Waals surface area contributed by atoms with Crippen molar-refractivity contribution in [1.29, 1.82) is 5.26 Å². The van der Waals surface area contributed by atoms with Crippen LogP contribution in [0.1, 0.15) is 31.4 Å². The summed E-state index contributed by atoms with van der Waals surface area (Å²) in [6.45, 7) is 0.792. The molecule has 0 unspecified atom stereocenters. The van der Waals surface area contributed by atoms with Crippen molar-refractivity contribution in [2.45, 2.75) is 25.7 Å². The van der Waals surface area contributed by atoms with Gasteiger partial charge in [-0.3, -0.25) is 10.1 Å². The number of nitriles is 1. The van der Waals surface area contributed by atoms with Gasteiger partial charge in [-0.25, -0.2) is 4.98 Å². The monoisotopic (exact) mass is 246 g/mol. The van der Waals surface area contributed by atoms with E-state index >= 15 is 0 Å². The first-order chi connectivity index (χ1) is 8.70. The molecule has 18 heavy (non-hydrogen) atoms. The Bertz CT molecular complexity index is 491. The molecule has 0 atom stereocenters. The lowest BCUT2D eigenvalue weighted by Gasteiger charge is -2.25. The fourth-order valence-corrected chi connectivity index (χ4v) is 1.97. The number of nitrogens with one attached hydrogen (secondary N) is 1. The molecule has 0 bridgehead atoms. The van der Waals surface area contributed by atoms with Gasteiger partial charge in [0.1, 0.15) is 11.9 Å². The van der Waals surface area contributed by atoms with E-state index in [-0.39, 0.29) is 11.4 Å². The molecule has 1 aromatic rings. The van der Waals surface area contributed by atoms with Crippen LogP contribution in [-0.4, -0.2) is 16.5 Å². The van der Waals surface area contributed by atoms with Gasteiger partial charge in [0.05, 0.1) is 4.92 Å². The Morgan fingerprint density at radius 1 is 1.56 bits per heavy atom. The van der Waals surface area contributed by atoms with E-state index in [0.29, 0.717) is 5.82 Å². The molecule has 6 nitrogen and oxygen atoms in total. The normalized spacial score (nSPS) is 14.6. The van der Waals surface area contributed by atoms with Crippen LogP contribution < -0.4 is 5.32 Å². The summed E-state index contributed by atoms with van der Waals surface area (Å²) in [5, 5.41) is 22.5. The molecule has 2 rings (SSSR count). The molecule has 1 heterocycles. The zero-order chi connectivity index (χ0) is 13.0. The fraction of sp³-hybridized carbons (Fsp3) is 0.500. The fourth-order valence-electron chi connectivity index (χ4n) is 1.97. The average Bonchev–Trinajstić information content (AvgIpc) is 2.31. The van der Waals surface area contributed by atoms with Crippen LogP contribution in [0.5, 0.6) is 0 Å². The maximum absolute atomic E-state index is 10.6. The minimum absolute atomic E-state index is 0.145. The summed E-state index contributed by atoms with van der Waals surface area (Å²) in [6.07, 6.45) is 4.98. The smallest absolute Gasteiger partial charge is 0.305 e. The predicted octanol–water partition coefficient (Wildman–Crippen LogP) is 2.46. The van der Waals surface area contributed by atoms with E-state index < -0.39 is 4.92 Å². The van der Waals surface area contributed by atoms with Crippen LogP contribution in [0.2, 0.25) is 0 Å². The summed E-state index contributed by atoms with van der Waals surface area (Å²) in [7, 11) is 0. The minimum atomic E-state index is -0.594. The third-order valence-electron chi connectivity index (χ3n) is 3.26. The Hall–Kier alpha value is -2.16. The van der Waals surface area contributed by atoms with Gasteiger partial charge in [-0.2, -0.15) is 5.26 Å². The third-order valence-corrected chi connectivity index (χ3v) is 3.26. The van der Waals surface area contributed by atoms with Crippen molar-refractivity contribution in [3.05, 3.63) is 27.9 Å². The van der Waals surface area contributed by atoms with Crippen LogP contribution in [0, 0.1) is 27.4 Å². The molecule has 0 spiro atoms. The zero-order valence-electron chi connectivity index (χ0n) is 9.93. The van der Waals surface area contributed by atoms with Crippen molar-refractivity contribution in [3.8, 4) is 6.07 Å². The van der Waals surface area contributed by atoms with E-state index in [4.69, 9.17) is 5.26 Å². The molecule has 0 aromatic carbocycles. The van der Waals surface area contributed by atoms with Crippen molar-refractivity contribution < 1.29 is 4.92 Å². The maximum Gasteiger partial charge on any atom is 0.305 e. The molecular formula is C12H14N4O2. The topological polar surface area (TPSA) is 91.8 Å². The third kappa shape index (κ3) is 2.74. The van der Waals surface area contributed by atoms with Crippen molar-refractivity contribution in [1.82, 2.24) is 4.98 Å². The second-order valence-corrected chi connectivity index (χ2v) is 4.45. The molecule has 6 heteroatoms. The molecule has 0 amide bonds. The van der Waals surface area contributed by atoms with E-state index in [1.165, 1.54) is 25.3 Å². The molecular weight excluding hydrogens is 232 g/mol. The second kappa shape index (κ2) is 5.45. The molecule has 1 aliphatic rings. The first-order valence-electron chi connectivity index (χ1n) is 6.00. The quantitative estimate of drug-likeness (QED) is 0.636. The number of nitro groups is 1. The van der Waals surface area contributed by atoms with Crippen molar-refractivity contribution in [3.63, 3.8) is 0 Å². The average molecular weight is 246 g/mol. The highest BCUT2D eigenvalue weighted by Gasteiger charge is 2.17. The highest BCUT2D eigenvalue weighted by Crippen LogP contribution is 2.29. The Morgan fingerprint density at radius 2 is 2.33 bits per heavy atom. The lowest BCUT2D eigenvalue weighted by Crippen LogP contribution is -2.16. The van der Waals surface area contributed by atoms with Gasteiger partial charge in [0, 0.05) is 12.6 Å².